The fourth-order valence-electron chi connectivity index (χ4n) is 5.52. The maximum atomic E-state index is 13.5. The Balaban J connectivity index is 1.72. The molecule has 1 aliphatic carbocycles. The molecule has 0 saturated heterocycles. The predicted octanol–water partition coefficient (Wildman–Crippen LogP) is 5.48. The zero-order chi connectivity index (χ0) is 27.3. The number of aliphatic hydroxyl groups excluding tert-OH is 1. The first-order valence-corrected chi connectivity index (χ1v) is 14.6. The van der Waals surface area contributed by atoms with Crippen molar-refractivity contribution in [3.05, 3.63) is 70.8 Å². The van der Waals surface area contributed by atoms with Gasteiger partial charge in [0.25, 0.3) is 11.8 Å². The van der Waals surface area contributed by atoms with E-state index in [-0.39, 0.29) is 17.9 Å². The lowest BCUT2D eigenvalue weighted by Crippen LogP contribution is -2.48. The highest BCUT2D eigenvalue weighted by Crippen LogP contribution is 2.28. The Labute approximate surface area is 229 Å². The summed E-state index contributed by atoms with van der Waals surface area (Å²) in [6.07, 6.45) is 7.81. The highest BCUT2D eigenvalue weighted by atomic mass is 16.3. The number of nitrogens with one attached hydrogen (secondary N) is 2. The molecule has 3 N–H and O–H groups in total. The number of benzene rings is 2. The highest BCUT2D eigenvalue weighted by Gasteiger charge is 2.27. The topological polar surface area (TPSA) is 81.7 Å². The Morgan fingerprint density at radius 1 is 0.974 bits per heavy atom. The number of amides is 2. The lowest BCUT2D eigenvalue weighted by Gasteiger charge is -2.30. The molecule has 0 heterocycles. The number of rotatable bonds is 14. The molecule has 2 aromatic carbocycles. The van der Waals surface area contributed by atoms with Crippen LogP contribution in [-0.4, -0.2) is 53.6 Å². The van der Waals surface area contributed by atoms with E-state index < -0.39 is 6.10 Å². The van der Waals surface area contributed by atoms with Gasteiger partial charge in [0.05, 0.1) is 12.1 Å². The molecule has 2 amide bonds. The van der Waals surface area contributed by atoms with Crippen molar-refractivity contribution in [1.82, 2.24) is 15.5 Å². The van der Waals surface area contributed by atoms with Gasteiger partial charge in [0.1, 0.15) is 0 Å². The summed E-state index contributed by atoms with van der Waals surface area (Å²) in [5.74, 6) is 0.239. The molecule has 0 radical (unpaired) electrons. The molecule has 1 saturated carbocycles. The zero-order valence-electron chi connectivity index (χ0n) is 23.5. The highest BCUT2D eigenvalue weighted by molar-refractivity contribution is 6.00. The largest absolute Gasteiger partial charge is 0.390 e. The van der Waals surface area contributed by atoms with E-state index in [0.29, 0.717) is 43.2 Å². The van der Waals surface area contributed by atoms with Crippen LogP contribution in [0.2, 0.25) is 0 Å². The first kappa shape index (κ1) is 29.9. The molecule has 1 aliphatic rings. The van der Waals surface area contributed by atoms with Gasteiger partial charge in [-0.1, -0.05) is 76.3 Å². The van der Waals surface area contributed by atoms with Gasteiger partial charge in [-0.15, -0.1) is 0 Å². The third kappa shape index (κ3) is 9.25. The average Bonchev–Trinajstić information content (AvgIpc) is 2.93. The van der Waals surface area contributed by atoms with Crippen LogP contribution >= 0.6 is 0 Å². The molecule has 0 aromatic heterocycles. The summed E-state index contributed by atoms with van der Waals surface area (Å²) in [7, 11) is 0. The summed E-state index contributed by atoms with van der Waals surface area (Å²) >= 11 is 0. The Bertz CT molecular complexity index is 998. The molecule has 208 valence electrons. The van der Waals surface area contributed by atoms with E-state index in [0.717, 1.165) is 43.2 Å². The Morgan fingerprint density at radius 2 is 1.63 bits per heavy atom. The predicted molar refractivity (Wildman–Crippen MR) is 154 cm³/mol. The fraction of sp³-hybridized carbons (Fsp3) is 0.562. The molecular weight excluding hydrogens is 474 g/mol. The van der Waals surface area contributed by atoms with Crippen molar-refractivity contribution < 1.29 is 14.7 Å². The fourth-order valence-corrected chi connectivity index (χ4v) is 5.52. The van der Waals surface area contributed by atoms with Crippen LogP contribution in [0.4, 0.5) is 0 Å². The molecule has 0 unspecified atom stereocenters. The second-order valence-corrected chi connectivity index (χ2v) is 10.9. The molecule has 0 spiro atoms. The van der Waals surface area contributed by atoms with Crippen LogP contribution in [0.15, 0.2) is 48.5 Å². The molecule has 0 aliphatic heterocycles. The van der Waals surface area contributed by atoms with E-state index in [9.17, 15) is 14.7 Å². The summed E-state index contributed by atoms with van der Waals surface area (Å²) in [4.78, 5) is 28.6. The number of carbonyl (C=O) groups excluding carboxylic acids is 2. The molecule has 1 fully saturated rings. The zero-order valence-corrected chi connectivity index (χ0v) is 23.5. The van der Waals surface area contributed by atoms with E-state index in [4.69, 9.17) is 0 Å². The van der Waals surface area contributed by atoms with Crippen molar-refractivity contribution in [1.29, 1.82) is 0 Å². The maximum absolute atomic E-state index is 13.5. The molecule has 2 aromatic rings. The SMILES string of the molecule is CCCN(CCC)C(=O)c1cc(C)cc(C(=O)N[C@@H](CC2CCCCC2)[C@H](O)CNCc2ccccc2)c1. The van der Waals surface area contributed by atoms with Gasteiger partial charge >= 0.3 is 0 Å². The van der Waals surface area contributed by atoms with Gasteiger partial charge in [-0.05, 0) is 61.4 Å². The molecule has 38 heavy (non-hydrogen) atoms. The van der Waals surface area contributed by atoms with Gasteiger partial charge in [0, 0.05) is 37.3 Å². The normalized spacial score (nSPS) is 15.6. The van der Waals surface area contributed by atoms with Crippen LogP contribution in [0, 0.1) is 12.8 Å². The van der Waals surface area contributed by atoms with Gasteiger partial charge in [-0.3, -0.25) is 9.59 Å². The van der Waals surface area contributed by atoms with E-state index in [2.05, 4.69) is 36.6 Å². The average molecular weight is 522 g/mol. The smallest absolute Gasteiger partial charge is 0.253 e. The Morgan fingerprint density at radius 3 is 2.29 bits per heavy atom. The standard InChI is InChI=1S/C32H47N3O3/c1-4-16-35(17-5-2)32(38)28-19-24(3)18-27(21-28)31(37)34-29(20-25-12-8-6-9-13-25)30(36)23-33-22-26-14-10-7-11-15-26/h7,10-11,14-15,18-19,21,25,29-30,33,36H,4-6,8-9,12-13,16-17,20,22-23H2,1-3H3,(H,34,37)/t29-,30+/m0/s1. The molecule has 6 nitrogen and oxygen atoms in total. The number of hydrogen-bond acceptors (Lipinski definition) is 4. The second kappa shape index (κ2) is 15.6. The third-order valence-corrected chi connectivity index (χ3v) is 7.48. The van der Waals surface area contributed by atoms with Gasteiger partial charge in [0.2, 0.25) is 0 Å². The summed E-state index contributed by atoms with van der Waals surface area (Å²) in [5, 5.41) is 17.7. The minimum Gasteiger partial charge on any atom is -0.390 e. The van der Waals surface area contributed by atoms with Gasteiger partial charge in [0.15, 0.2) is 0 Å². The summed E-state index contributed by atoms with van der Waals surface area (Å²) < 4.78 is 0. The molecule has 6 heteroatoms. The number of aliphatic hydroxyl groups is 1. The molecular formula is C32H47N3O3. The van der Waals surface area contributed by atoms with Gasteiger partial charge in [-0.2, -0.15) is 0 Å². The third-order valence-electron chi connectivity index (χ3n) is 7.48. The minimum absolute atomic E-state index is 0.0321. The van der Waals surface area contributed by atoms with Gasteiger partial charge in [-0.25, -0.2) is 0 Å². The van der Waals surface area contributed by atoms with Gasteiger partial charge < -0.3 is 20.6 Å². The van der Waals surface area contributed by atoms with E-state index in [1.54, 1.807) is 6.07 Å². The van der Waals surface area contributed by atoms with Crippen LogP contribution in [0.25, 0.3) is 0 Å². The van der Waals surface area contributed by atoms with Crippen molar-refractivity contribution in [3.8, 4) is 0 Å². The maximum Gasteiger partial charge on any atom is 0.253 e. The van der Waals surface area contributed by atoms with E-state index in [1.165, 1.54) is 19.3 Å². The first-order valence-electron chi connectivity index (χ1n) is 14.6. The van der Waals surface area contributed by atoms with Crippen LogP contribution < -0.4 is 10.6 Å². The second-order valence-electron chi connectivity index (χ2n) is 10.9. The quantitative estimate of drug-likeness (QED) is 0.308. The van der Waals surface area contributed by atoms with Crippen LogP contribution in [0.3, 0.4) is 0 Å². The monoisotopic (exact) mass is 521 g/mol. The van der Waals surface area contributed by atoms with Crippen molar-refractivity contribution in [2.24, 2.45) is 5.92 Å². The summed E-state index contributed by atoms with van der Waals surface area (Å²) in [5.41, 5.74) is 3.05. The number of hydrogen-bond donors (Lipinski definition) is 3. The first-order chi connectivity index (χ1) is 18.4. The summed E-state index contributed by atoms with van der Waals surface area (Å²) in [6.45, 7) is 8.51. The lowest BCUT2D eigenvalue weighted by molar-refractivity contribution is 0.0755. The number of carbonyl (C=O) groups is 2. The number of nitrogens with zero attached hydrogens (tertiary/aromatic N) is 1. The Kier molecular flexibility index (Phi) is 12.3. The van der Waals surface area contributed by atoms with Crippen molar-refractivity contribution in [3.63, 3.8) is 0 Å². The lowest BCUT2D eigenvalue weighted by atomic mass is 9.83. The van der Waals surface area contributed by atoms with Crippen molar-refractivity contribution in [2.75, 3.05) is 19.6 Å². The van der Waals surface area contributed by atoms with Crippen LogP contribution in [0.1, 0.15) is 97.1 Å². The van der Waals surface area contributed by atoms with Crippen molar-refractivity contribution in [2.45, 2.75) is 90.8 Å². The molecule has 2 atom stereocenters. The van der Waals surface area contributed by atoms with E-state index >= 15 is 0 Å². The van der Waals surface area contributed by atoms with Crippen LogP contribution in [0.5, 0.6) is 0 Å². The van der Waals surface area contributed by atoms with Crippen molar-refractivity contribution >= 4 is 11.8 Å². The van der Waals surface area contributed by atoms with E-state index in [1.807, 2.05) is 42.2 Å². The molecule has 0 bridgehead atoms. The summed E-state index contributed by atoms with van der Waals surface area (Å²) in [6, 6.07) is 15.1. The number of aryl methyl sites for hydroxylation is 1. The Hall–Kier alpha value is -2.70. The molecule has 3 rings (SSSR count). The minimum atomic E-state index is -0.708. The van der Waals surface area contributed by atoms with Crippen LogP contribution in [-0.2, 0) is 6.54 Å².